The van der Waals surface area contributed by atoms with E-state index in [1.165, 1.54) is 13.0 Å². The molecule has 20 heavy (non-hydrogen) atoms. The third kappa shape index (κ3) is 2.46. The summed E-state index contributed by atoms with van der Waals surface area (Å²) in [4.78, 5) is 0. The van der Waals surface area contributed by atoms with Gasteiger partial charge in [-0.1, -0.05) is 12.1 Å². The van der Waals surface area contributed by atoms with Crippen molar-refractivity contribution >= 4 is 11.8 Å². The van der Waals surface area contributed by atoms with Crippen molar-refractivity contribution in [2.45, 2.75) is 54.9 Å². The molecule has 0 aromatic heterocycles. The van der Waals surface area contributed by atoms with Gasteiger partial charge in [-0.15, -0.1) is 0 Å². The van der Waals surface area contributed by atoms with Crippen LogP contribution in [0.25, 0.3) is 0 Å². The van der Waals surface area contributed by atoms with E-state index in [1.54, 1.807) is 6.07 Å². The van der Waals surface area contributed by atoms with E-state index in [1.807, 2.05) is 11.8 Å². The maximum absolute atomic E-state index is 13.0. The Bertz CT molecular complexity index is 514. The second kappa shape index (κ2) is 4.67. The van der Waals surface area contributed by atoms with Crippen molar-refractivity contribution in [3.8, 4) is 0 Å². The normalized spacial score (nSPS) is 33.5. The lowest BCUT2D eigenvalue weighted by molar-refractivity contribution is -0.138. The van der Waals surface area contributed by atoms with Crippen LogP contribution in [0.2, 0.25) is 0 Å². The fourth-order valence-corrected chi connectivity index (χ4v) is 5.20. The Hall–Kier alpha value is -0.680. The minimum atomic E-state index is -4.36. The van der Waals surface area contributed by atoms with E-state index in [2.05, 4.69) is 0 Å². The van der Waals surface area contributed by atoms with Crippen molar-refractivity contribution in [3.63, 3.8) is 0 Å². The van der Waals surface area contributed by atoms with E-state index < -0.39 is 17.3 Å². The zero-order valence-electron chi connectivity index (χ0n) is 11.2. The molecule has 0 aliphatic carbocycles. The van der Waals surface area contributed by atoms with Gasteiger partial charge in [-0.25, -0.2) is 0 Å². The van der Waals surface area contributed by atoms with Gasteiger partial charge in [0, 0.05) is 10.5 Å². The second-order valence-electron chi connectivity index (χ2n) is 5.92. The molecule has 2 saturated heterocycles. The van der Waals surface area contributed by atoms with Gasteiger partial charge in [-0.05, 0) is 49.8 Å². The van der Waals surface area contributed by atoms with Crippen molar-refractivity contribution in [2.75, 3.05) is 0 Å². The summed E-state index contributed by atoms with van der Waals surface area (Å²) in [5.41, 5.74) is -1.09. The third-order valence-electron chi connectivity index (χ3n) is 4.41. The minimum Gasteiger partial charge on any atom is -0.385 e. The van der Waals surface area contributed by atoms with E-state index in [4.69, 9.17) is 0 Å². The molecular weight excluding hydrogens is 285 g/mol. The van der Waals surface area contributed by atoms with Crippen LogP contribution in [0.4, 0.5) is 13.2 Å². The van der Waals surface area contributed by atoms with E-state index in [9.17, 15) is 18.3 Å². The van der Waals surface area contributed by atoms with Crippen molar-refractivity contribution in [2.24, 2.45) is 0 Å². The van der Waals surface area contributed by atoms with E-state index in [0.717, 1.165) is 18.9 Å². The van der Waals surface area contributed by atoms with Crippen molar-refractivity contribution in [1.82, 2.24) is 0 Å². The highest BCUT2D eigenvalue weighted by Gasteiger charge is 2.45. The number of benzene rings is 1. The summed E-state index contributed by atoms with van der Waals surface area (Å²) in [5, 5.41) is 11.6. The smallest absolute Gasteiger partial charge is 0.385 e. The molecule has 2 fully saturated rings. The van der Waals surface area contributed by atoms with Gasteiger partial charge in [0.1, 0.15) is 0 Å². The van der Waals surface area contributed by atoms with Crippen molar-refractivity contribution in [1.29, 1.82) is 0 Å². The lowest BCUT2D eigenvalue weighted by Gasteiger charge is -2.36. The molecular formula is C15H17F3OS. The fraction of sp³-hybridized carbons (Fsp3) is 0.600. The quantitative estimate of drug-likeness (QED) is 0.836. The SMILES string of the molecule is Cc1ccc(C2(O)CC3CCC(C2)S3)cc1C(F)(F)F. The Morgan fingerprint density at radius 2 is 1.80 bits per heavy atom. The highest BCUT2D eigenvalue weighted by Crippen LogP contribution is 2.51. The highest BCUT2D eigenvalue weighted by atomic mass is 32.2. The van der Waals surface area contributed by atoms with Gasteiger partial charge in [0.2, 0.25) is 0 Å². The van der Waals surface area contributed by atoms with E-state index >= 15 is 0 Å². The molecule has 0 amide bonds. The molecule has 110 valence electrons. The van der Waals surface area contributed by atoms with Crippen LogP contribution in [0.3, 0.4) is 0 Å². The van der Waals surface area contributed by atoms with Gasteiger partial charge in [-0.3, -0.25) is 0 Å². The Morgan fingerprint density at radius 3 is 2.35 bits per heavy atom. The van der Waals surface area contributed by atoms with Gasteiger partial charge < -0.3 is 5.11 Å². The summed E-state index contributed by atoms with van der Waals surface area (Å²) in [6.07, 6.45) is -1.10. The Kier molecular flexibility index (Phi) is 3.33. The number of hydrogen-bond acceptors (Lipinski definition) is 2. The number of hydrogen-bond donors (Lipinski definition) is 1. The summed E-state index contributed by atoms with van der Waals surface area (Å²) in [5.74, 6) is 0. The average Bonchev–Trinajstić information content (AvgIpc) is 2.68. The summed E-state index contributed by atoms with van der Waals surface area (Å²) in [6, 6.07) is 4.27. The van der Waals surface area contributed by atoms with Gasteiger partial charge in [-0.2, -0.15) is 24.9 Å². The highest BCUT2D eigenvalue weighted by molar-refractivity contribution is 8.00. The molecule has 0 saturated carbocycles. The largest absolute Gasteiger partial charge is 0.416 e. The van der Waals surface area contributed by atoms with Crippen molar-refractivity contribution < 1.29 is 18.3 Å². The molecule has 2 bridgehead atoms. The molecule has 3 rings (SSSR count). The molecule has 1 aromatic carbocycles. The molecule has 1 N–H and O–H groups in total. The zero-order valence-corrected chi connectivity index (χ0v) is 12.0. The van der Waals surface area contributed by atoms with Crippen LogP contribution in [0.5, 0.6) is 0 Å². The molecule has 1 nitrogen and oxygen atoms in total. The zero-order chi connectivity index (χ0) is 14.5. The van der Waals surface area contributed by atoms with Crippen molar-refractivity contribution in [3.05, 3.63) is 34.9 Å². The minimum absolute atomic E-state index is 0.206. The molecule has 0 radical (unpaired) electrons. The summed E-state index contributed by atoms with van der Waals surface area (Å²) in [7, 11) is 0. The van der Waals surface area contributed by atoms with Crippen LogP contribution < -0.4 is 0 Å². The van der Waals surface area contributed by atoms with E-state index in [-0.39, 0.29) is 5.56 Å². The molecule has 1 aromatic rings. The summed E-state index contributed by atoms with van der Waals surface area (Å²) in [6.45, 7) is 1.46. The summed E-state index contributed by atoms with van der Waals surface area (Å²) >= 11 is 1.88. The molecule has 2 atom stereocenters. The average molecular weight is 302 g/mol. The first-order valence-corrected chi connectivity index (χ1v) is 7.78. The first-order valence-electron chi connectivity index (χ1n) is 6.84. The Labute approximate surface area is 120 Å². The predicted octanol–water partition coefficient (Wildman–Crippen LogP) is 4.26. The van der Waals surface area contributed by atoms with Gasteiger partial charge >= 0.3 is 6.18 Å². The maximum atomic E-state index is 13.0. The van der Waals surface area contributed by atoms with Crippen LogP contribution in [-0.2, 0) is 11.8 Å². The fourth-order valence-electron chi connectivity index (χ4n) is 3.37. The molecule has 0 spiro atoms. The monoisotopic (exact) mass is 302 g/mol. The lowest BCUT2D eigenvalue weighted by Crippen LogP contribution is -2.35. The molecule has 5 heteroatoms. The molecule has 2 aliphatic rings. The number of fused-ring (bicyclic) bond motifs is 2. The van der Waals surface area contributed by atoms with Crippen LogP contribution >= 0.6 is 11.8 Å². The number of rotatable bonds is 1. The van der Waals surface area contributed by atoms with Gasteiger partial charge in [0.15, 0.2) is 0 Å². The number of thioether (sulfide) groups is 1. The summed E-state index contributed by atoms with van der Waals surface area (Å²) < 4.78 is 39.0. The van der Waals surface area contributed by atoms with E-state index in [0.29, 0.717) is 28.9 Å². The van der Waals surface area contributed by atoms with Crippen LogP contribution in [0.15, 0.2) is 18.2 Å². The first kappa shape index (κ1) is 14.3. The molecule has 2 aliphatic heterocycles. The standard InChI is InChI=1S/C15H17F3OS/c1-9-2-3-10(6-13(9)15(16,17)18)14(19)7-11-4-5-12(8-14)20-11/h2-3,6,11-12,19H,4-5,7-8H2,1H3. The third-order valence-corrected chi connectivity index (χ3v) is 5.98. The number of alkyl halides is 3. The Balaban J connectivity index is 1.98. The second-order valence-corrected chi connectivity index (χ2v) is 7.53. The topological polar surface area (TPSA) is 20.2 Å². The van der Waals surface area contributed by atoms with Crippen LogP contribution in [-0.4, -0.2) is 15.6 Å². The Morgan fingerprint density at radius 1 is 1.20 bits per heavy atom. The predicted molar refractivity (Wildman–Crippen MR) is 73.7 cm³/mol. The number of aliphatic hydroxyl groups is 1. The van der Waals surface area contributed by atoms with Crippen LogP contribution in [0, 0.1) is 6.92 Å². The number of halogens is 3. The lowest BCUT2D eigenvalue weighted by atomic mass is 9.84. The van der Waals surface area contributed by atoms with Gasteiger partial charge in [0.25, 0.3) is 0 Å². The number of aryl methyl sites for hydroxylation is 1. The first-order chi connectivity index (χ1) is 9.28. The maximum Gasteiger partial charge on any atom is 0.416 e. The molecule has 2 heterocycles. The molecule has 2 unspecified atom stereocenters. The van der Waals surface area contributed by atoms with Gasteiger partial charge in [0.05, 0.1) is 11.2 Å². The van der Waals surface area contributed by atoms with Crippen LogP contribution in [0.1, 0.15) is 42.4 Å².